The van der Waals surface area contributed by atoms with Crippen molar-refractivity contribution in [2.75, 3.05) is 19.0 Å². The number of methoxy groups -OCH3 is 1. The summed E-state index contributed by atoms with van der Waals surface area (Å²) in [5, 5.41) is 11.4. The molecule has 2 saturated heterocycles. The van der Waals surface area contributed by atoms with Gasteiger partial charge in [-0.2, -0.15) is 0 Å². The molecule has 12 nitrogen and oxygen atoms in total. The summed E-state index contributed by atoms with van der Waals surface area (Å²) in [5.74, 6) is 0.524. The van der Waals surface area contributed by atoms with Gasteiger partial charge >= 0.3 is 17.9 Å². The van der Waals surface area contributed by atoms with Crippen LogP contribution in [0.3, 0.4) is 0 Å². The van der Waals surface area contributed by atoms with Crippen LogP contribution < -0.4 is 20.4 Å². The van der Waals surface area contributed by atoms with Crippen LogP contribution in [0.4, 0.5) is 15.3 Å². The van der Waals surface area contributed by atoms with Crippen molar-refractivity contribution in [2.24, 2.45) is 0 Å². The van der Waals surface area contributed by atoms with E-state index in [1.54, 1.807) is 26.8 Å². The van der Waals surface area contributed by atoms with Crippen LogP contribution in [-0.4, -0.2) is 61.3 Å². The summed E-state index contributed by atoms with van der Waals surface area (Å²) in [6, 6.07) is 2.93. The Balaban J connectivity index is 1.78. The fourth-order valence-electron chi connectivity index (χ4n) is 4.33. The maximum atomic E-state index is 12.3. The van der Waals surface area contributed by atoms with E-state index in [-0.39, 0.29) is 17.0 Å². The van der Waals surface area contributed by atoms with Crippen molar-refractivity contribution in [3.05, 3.63) is 28.1 Å². The molecule has 4 rings (SSSR count). The summed E-state index contributed by atoms with van der Waals surface area (Å²) in [4.78, 5) is 35.3. The number of hydrogen-bond donors (Lipinski definition) is 2. The second kappa shape index (κ2) is 9.27. The van der Waals surface area contributed by atoms with Crippen LogP contribution in [0.25, 0.3) is 11.0 Å². The number of hydrogen-bond acceptors (Lipinski definition) is 10. The standard InChI is InChI=1S/C23H27NO11/c1-6-7-30-13-9-11-8-12(24-21(26)27)19(25)31-14(11)10(2)15(13)32-20-17-16(33-22(28)34-17)18(29-5)23(3,4)35-20/h8-9,16-18,20,24H,6-7H2,1-5H3,(H,26,27)/t16-,17+,18+,20+/m0/s1. The quantitative estimate of drug-likeness (QED) is 0.431. The molecule has 190 valence electrons. The van der Waals surface area contributed by atoms with E-state index in [0.29, 0.717) is 29.7 Å². The van der Waals surface area contributed by atoms with Crippen LogP contribution in [0.5, 0.6) is 11.5 Å². The molecular weight excluding hydrogens is 466 g/mol. The molecule has 0 aliphatic carbocycles. The third-order valence-corrected chi connectivity index (χ3v) is 5.82. The Labute approximate surface area is 200 Å². The lowest BCUT2D eigenvalue weighted by Gasteiger charge is -2.45. The number of amides is 1. The molecule has 3 heterocycles. The van der Waals surface area contributed by atoms with Crippen molar-refractivity contribution in [2.45, 2.75) is 64.3 Å². The van der Waals surface area contributed by atoms with Gasteiger partial charge in [0.25, 0.3) is 0 Å². The van der Waals surface area contributed by atoms with Crippen molar-refractivity contribution in [3.63, 3.8) is 0 Å². The Morgan fingerprint density at radius 3 is 2.57 bits per heavy atom. The molecule has 2 aliphatic rings. The number of benzene rings is 1. The maximum absolute atomic E-state index is 12.3. The van der Waals surface area contributed by atoms with E-state index in [1.807, 2.05) is 12.2 Å². The molecule has 0 saturated carbocycles. The topological polar surface area (TPSA) is 152 Å². The van der Waals surface area contributed by atoms with E-state index < -0.39 is 48.1 Å². The van der Waals surface area contributed by atoms with Gasteiger partial charge in [-0.05, 0) is 39.3 Å². The van der Waals surface area contributed by atoms with Crippen molar-refractivity contribution < 1.29 is 47.5 Å². The number of aryl methyl sites for hydroxylation is 1. The highest BCUT2D eigenvalue weighted by Crippen LogP contribution is 2.43. The third kappa shape index (κ3) is 4.58. The molecule has 0 unspecified atom stereocenters. The van der Waals surface area contributed by atoms with Gasteiger partial charge in [0.1, 0.15) is 17.4 Å². The number of nitrogens with one attached hydrogen (secondary N) is 1. The Morgan fingerprint density at radius 2 is 1.91 bits per heavy atom. The highest BCUT2D eigenvalue weighted by molar-refractivity contribution is 5.90. The van der Waals surface area contributed by atoms with Gasteiger partial charge in [-0.25, -0.2) is 14.4 Å². The van der Waals surface area contributed by atoms with Crippen LogP contribution in [0.1, 0.15) is 32.8 Å². The zero-order valence-electron chi connectivity index (χ0n) is 19.9. The number of rotatable bonds is 7. The van der Waals surface area contributed by atoms with E-state index in [1.165, 1.54) is 13.2 Å². The van der Waals surface area contributed by atoms with Gasteiger partial charge in [0.2, 0.25) is 12.4 Å². The first-order valence-electron chi connectivity index (χ1n) is 11.0. The molecule has 1 aromatic heterocycles. The van der Waals surface area contributed by atoms with Gasteiger partial charge < -0.3 is 37.9 Å². The predicted molar refractivity (Wildman–Crippen MR) is 120 cm³/mol. The highest BCUT2D eigenvalue weighted by Gasteiger charge is 2.59. The summed E-state index contributed by atoms with van der Waals surface area (Å²) < 4.78 is 39.8. The van der Waals surface area contributed by atoms with Crippen molar-refractivity contribution >= 4 is 28.9 Å². The van der Waals surface area contributed by atoms with Crippen LogP contribution in [0, 0.1) is 6.92 Å². The maximum Gasteiger partial charge on any atom is 0.509 e. The molecule has 12 heteroatoms. The number of ether oxygens (including phenoxy) is 6. The number of fused-ring (bicyclic) bond motifs is 2. The lowest BCUT2D eigenvalue weighted by atomic mass is 9.89. The molecule has 0 spiro atoms. The van der Waals surface area contributed by atoms with Crippen LogP contribution in [-0.2, 0) is 18.9 Å². The van der Waals surface area contributed by atoms with Gasteiger partial charge in [-0.3, -0.25) is 5.32 Å². The van der Waals surface area contributed by atoms with Crippen molar-refractivity contribution in [3.8, 4) is 11.5 Å². The zero-order valence-corrected chi connectivity index (χ0v) is 19.9. The number of anilines is 1. The largest absolute Gasteiger partial charge is 0.509 e. The minimum Gasteiger partial charge on any atom is -0.490 e. The average molecular weight is 493 g/mol. The van der Waals surface area contributed by atoms with Gasteiger partial charge in [0, 0.05) is 18.1 Å². The number of carbonyl (C=O) groups is 2. The fraction of sp³-hybridized carbons (Fsp3) is 0.522. The highest BCUT2D eigenvalue weighted by atomic mass is 16.8. The number of carboxylic acid groups (broad SMARTS) is 1. The third-order valence-electron chi connectivity index (χ3n) is 5.82. The van der Waals surface area contributed by atoms with Crippen molar-refractivity contribution in [1.29, 1.82) is 0 Å². The first kappa shape index (κ1) is 24.6. The Hall–Kier alpha value is -3.51. The van der Waals surface area contributed by atoms with Gasteiger partial charge in [0.05, 0.1) is 12.2 Å². The minimum atomic E-state index is -1.40. The van der Waals surface area contributed by atoms with E-state index in [4.69, 9.17) is 37.9 Å². The summed E-state index contributed by atoms with van der Waals surface area (Å²) >= 11 is 0. The second-order valence-electron chi connectivity index (χ2n) is 8.75. The van der Waals surface area contributed by atoms with Crippen molar-refractivity contribution in [1.82, 2.24) is 0 Å². The van der Waals surface area contributed by atoms with E-state index >= 15 is 0 Å². The molecule has 4 atom stereocenters. The average Bonchev–Trinajstić information content (AvgIpc) is 3.16. The minimum absolute atomic E-state index is 0.172. The van der Waals surface area contributed by atoms with E-state index in [9.17, 15) is 14.4 Å². The predicted octanol–water partition coefficient (Wildman–Crippen LogP) is 3.41. The molecule has 35 heavy (non-hydrogen) atoms. The zero-order chi connectivity index (χ0) is 25.5. The SMILES string of the molecule is CCCOc1cc2cc(NC(=O)O)c(=O)oc2c(C)c1O[C@@H]1OC(C)(C)[C@H](OC)[C@H]2OC(=O)O[C@@H]12. The molecule has 2 N–H and O–H groups in total. The molecule has 2 aromatic rings. The smallest absolute Gasteiger partial charge is 0.490 e. The monoisotopic (exact) mass is 493 g/mol. The van der Waals surface area contributed by atoms with Gasteiger partial charge in [0.15, 0.2) is 17.6 Å². The summed E-state index contributed by atoms with van der Waals surface area (Å²) in [6.07, 6.45) is -4.96. The lowest BCUT2D eigenvalue weighted by Crippen LogP contribution is -2.62. The summed E-state index contributed by atoms with van der Waals surface area (Å²) in [5.41, 5.74) is -1.43. The first-order valence-corrected chi connectivity index (χ1v) is 11.0. The van der Waals surface area contributed by atoms with E-state index in [2.05, 4.69) is 0 Å². The van der Waals surface area contributed by atoms with Crippen LogP contribution >= 0.6 is 0 Å². The number of carbonyl (C=O) groups excluding carboxylic acids is 1. The van der Waals surface area contributed by atoms with Gasteiger partial charge in [-0.1, -0.05) is 6.92 Å². The van der Waals surface area contributed by atoms with Gasteiger partial charge in [-0.15, -0.1) is 0 Å². The molecular formula is C23H27NO11. The Kier molecular flexibility index (Phi) is 6.52. The molecule has 2 fully saturated rings. The molecule has 1 aromatic carbocycles. The summed E-state index contributed by atoms with van der Waals surface area (Å²) in [6.45, 7) is 7.49. The fourth-order valence-corrected chi connectivity index (χ4v) is 4.33. The molecule has 2 aliphatic heterocycles. The molecule has 0 bridgehead atoms. The Bertz CT molecular complexity index is 1200. The van der Waals surface area contributed by atoms with E-state index in [0.717, 1.165) is 0 Å². The van der Waals surface area contributed by atoms with Crippen LogP contribution in [0.2, 0.25) is 0 Å². The summed E-state index contributed by atoms with van der Waals surface area (Å²) in [7, 11) is 1.49. The molecule has 1 amide bonds. The first-order chi connectivity index (χ1) is 16.6. The lowest BCUT2D eigenvalue weighted by molar-refractivity contribution is -0.283. The second-order valence-corrected chi connectivity index (χ2v) is 8.75. The molecule has 0 radical (unpaired) electrons. The normalized spacial score (nSPS) is 24.9. The Morgan fingerprint density at radius 1 is 1.20 bits per heavy atom. The van der Waals surface area contributed by atoms with Crippen LogP contribution in [0.15, 0.2) is 21.3 Å².